The number of imidazole rings is 1. The van der Waals surface area contributed by atoms with E-state index in [1.54, 1.807) is 12.4 Å². The van der Waals surface area contributed by atoms with Gasteiger partial charge in [-0.2, -0.15) is 0 Å². The van der Waals surface area contributed by atoms with E-state index in [1.165, 1.54) is 12.3 Å². The third kappa shape index (κ3) is 3.85. The van der Waals surface area contributed by atoms with Crippen LogP contribution in [0.3, 0.4) is 0 Å². The maximum absolute atomic E-state index is 14.8. The summed E-state index contributed by atoms with van der Waals surface area (Å²) in [7, 11) is 0. The largest absolute Gasteiger partial charge is 0.389 e. The number of nitrogens with two attached hydrogens (primary N) is 1. The summed E-state index contributed by atoms with van der Waals surface area (Å²) in [4.78, 5) is 12.9. The van der Waals surface area contributed by atoms with Crippen LogP contribution in [0.4, 0.5) is 10.3 Å². The molecule has 3 heterocycles. The monoisotopic (exact) mass is 434 g/mol. The standard InChI is InChI=1S/C20H24ClFN6O2/c1-20(2,9-23)28-10-25-18-13(22)5-11(6-15(18)28)17-12(21)7-24-19(27-17)26-14-3-4-30-8-16(14)29/h5-7,10,14,16,29H,3-4,8-9,23H2,1-2H3,(H,24,26,27)/t14-,16-/m1/s1. The molecule has 0 saturated carbocycles. The van der Waals surface area contributed by atoms with Gasteiger partial charge in [0, 0.05) is 18.7 Å². The molecule has 0 amide bonds. The van der Waals surface area contributed by atoms with E-state index in [9.17, 15) is 9.50 Å². The van der Waals surface area contributed by atoms with Crippen LogP contribution in [0, 0.1) is 5.82 Å². The van der Waals surface area contributed by atoms with Gasteiger partial charge in [0.1, 0.15) is 5.52 Å². The van der Waals surface area contributed by atoms with Crippen molar-refractivity contribution in [2.45, 2.75) is 38.0 Å². The van der Waals surface area contributed by atoms with Gasteiger partial charge >= 0.3 is 0 Å². The molecule has 2 atom stereocenters. The van der Waals surface area contributed by atoms with Crippen LogP contribution >= 0.6 is 11.6 Å². The van der Waals surface area contributed by atoms with Crippen LogP contribution in [-0.2, 0) is 10.3 Å². The van der Waals surface area contributed by atoms with Crippen molar-refractivity contribution in [2.24, 2.45) is 5.73 Å². The van der Waals surface area contributed by atoms with Crippen LogP contribution in [0.15, 0.2) is 24.7 Å². The highest BCUT2D eigenvalue weighted by Gasteiger charge is 2.25. The van der Waals surface area contributed by atoms with Crippen molar-refractivity contribution in [3.63, 3.8) is 0 Å². The Balaban J connectivity index is 1.75. The first-order chi connectivity index (χ1) is 14.3. The van der Waals surface area contributed by atoms with Crippen LogP contribution in [0.25, 0.3) is 22.3 Å². The molecule has 0 radical (unpaired) electrons. The fourth-order valence-corrected chi connectivity index (χ4v) is 3.69. The zero-order valence-corrected chi connectivity index (χ0v) is 17.5. The molecule has 1 fully saturated rings. The Morgan fingerprint density at radius 3 is 2.93 bits per heavy atom. The van der Waals surface area contributed by atoms with Crippen molar-refractivity contribution in [1.82, 2.24) is 19.5 Å². The van der Waals surface area contributed by atoms with Crippen LogP contribution in [0.1, 0.15) is 20.3 Å². The molecule has 8 nitrogen and oxygen atoms in total. The fraction of sp³-hybridized carbons (Fsp3) is 0.450. The first-order valence-electron chi connectivity index (χ1n) is 9.72. The molecule has 10 heteroatoms. The summed E-state index contributed by atoms with van der Waals surface area (Å²) in [5, 5.41) is 13.5. The molecule has 1 aliphatic rings. The number of anilines is 1. The SMILES string of the molecule is CC(C)(CN)n1cnc2c(F)cc(-c3nc(N[C@@H]4CCOC[C@H]4O)ncc3Cl)cc21. The second-order valence-electron chi connectivity index (χ2n) is 8.03. The molecule has 3 aromatic rings. The van der Waals surface area contributed by atoms with E-state index in [1.807, 2.05) is 18.4 Å². The summed E-state index contributed by atoms with van der Waals surface area (Å²) in [5.41, 5.74) is 7.20. The predicted molar refractivity (Wildman–Crippen MR) is 113 cm³/mol. The number of benzene rings is 1. The summed E-state index contributed by atoms with van der Waals surface area (Å²) < 4.78 is 21.9. The summed E-state index contributed by atoms with van der Waals surface area (Å²) in [5.74, 6) is -0.172. The lowest BCUT2D eigenvalue weighted by molar-refractivity contribution is -0.0136. The zero-order valence-electron chi connectivity index (χ0n) is 16.8. The van der Waals surface area contributed by atoms with Crippen LogP contribution in [-0.4, -0.2) is 56.5 Å². The Hall–Kier alpha value is -2.33. The molecular formula is C20H24ClFN6O2. The lowest BCUT2D eigenvalue weighted by Crippen LogP contribution is -2.42. The number of nitrogens with zero attached hydrogens (tertiary/aromatic N) is 4. The lowest BCUT2D eigenvalue weighted by atomic mass is 10.0. The summed E-state index contributed by atoms with van der Waals surface area (Å²) in [6.45, 7) is 5.06. The van der Waals surface area contributed by atoms with Crippen molar-refractivity contribution < 1.29 is 14.2 Å². The van der Waals surface area contributed by atoms with Gasteiger partial charge in [0.15, 0.2) is 5.82 Å². The average molecular weight is 435 g/mol. The highest BCUT2D eigenvalue weighted by Crippen LogP contribution is 2.32. The second kappa shape index (κ2) is 8.07. The molecule has 4 N–H and O–H groups in total. The van der Waals surface area contributed by atoms with Gasteiger partial charge in [0.25, 0.3) is 0 Å². The molecule has 30 heavy (non-hydrogen) atoms. The number of nitrogens with one attached hydrogen (secondary N) is 1. The minimum atomic E-state index is -0.664. The number of ether oxygens (including phenoxy) is 1. The quantitative estimate of drug-likeness (QED) is 0.565. The third-order valence-corrected chi connectivity index (χ3v) is 5.69. The number of aromatic nitrogens is 4. The minimum Gasteiger partial charge on any atom is -0.389 e. The Morgan fingerprint density at radius 1 is 1.40 bits per heavy atom. The molecule has 0 spiro atoms. The van der Waals surface area contributed by atoms with E-state index in [2.05, 4.69) is 20.3 Å². The van der Waals surface area contributed by atoms with Gasteiger partial charge in [-0.3, -0.25) is 0 Å². The van der Waals surface area contributed by atoms with Gasteiger partial charge in [0.05, 0.1) is 53.0 Å². The molecule has 160 valence electrons. The highest BCUT2D eigenvalue weighted by molar-refractivity contribution is 6.33. The number of aliphatic hydroxyl groups excluding tert-OH is 1. The van der Waals surface area contributed by atoms with Crippen molar-refractivity contribution in [3.8, 4) is 11.3 Å². The summed E-state index contributed by atoms with van der Waals surface area (Å²) in [6.07, 6.45) is 3.01. The van der Waals surface area contributed by atoms with Gasteiger partial charge in [-0.05, 0) is 32.4 Å². The summed E-state index contributed by atoms with van der Waals surface area (Å²) >= 11 is 6.35. The molecule has 1 aromatic carbocycles. The van der Waals surface area contributed by atoms with Crippen LogP contribution in [0.5, 0.6) is 0 Å². The van der Waals surface area contributed by atoms with Crippen molar-refractivity contribution in [2.75, 3.05) is 25.1 Å². The number of fused-ring (bicyclic) bond motifs is 1. The first kappa shape index (κ1) is 20.9. The summed E-state index contributed by atoms with van der Waals surface area (Å²) in [6, 6.07) is 2.92. The van der Waals surface area contributed by atoms with Gasteiger partial charge in [-0.25, -0.2) is 19.3 Å². The highest BCUT2D eigenvalue weighted by atomic mass is 35.5. The van der Waals surface area contributed by atoms with E-state index in [-0.39, 0.29) is 23.2 Å². The number of hydrogen-bond donors (Lipinski definition) is 3. The van der Waals surface area contributed by atoms with Crippen molar-refractivity contribution >= 4 is 28.6 Å². The van der Waals surface area contributed by atoms with Crippen molar-refractivity contribution in [3.05, 3.63) is 35.5 Å². The van der Waals surface area contributed by atoms with E-state index in [0.29, 0.717) is 42.3 Å². The number of rotatable bonds is 5. The molecule has 0 bridgehead atoms. The average Bonchev–Trinajstić information content (AvgIpc) is 3.16. The zero-order chi connectivity index (χ0) is 21.5. The third-order valence-electron chi connectivity index (χ3n) is 5.42. The maximum atomic E-state index is 14.8. The van der Waals surface area contributed by atoms with E-state index >= 15 is 0 Å². The van der Waals surface area contributed by atoms with Gasteiger partial charge in [-0.1, -0.05) is 11.6 Å². The Labute approximate surface area is 178 Å². The minimum absolute atomic E-state index is 0.237. The fourth-order valence-electron chi connectivity index (χ4n) is 3.49. The molecular weight excluding hydrogens is 411 g/mol. The van der Waals surface area contributed by atoms with Gasteiger partial charge < -0.3 is 25.5 Å². The Kier molecular flexibility index (Phi) is 5.63. The lowest BCUT2D eigenvalue weighted by Gasteiger charge is -2.28. The van der Waals surface area contributed by atoms with Gasteiger partial charge in [0.2, 0.25) is 5.95 Å². The van der Waals surface area contributed by atoms with E-state index < -0.39 is 17.5 Å². The van der Waals surface area contributed by atoms with E-state index in [0.717, 1.165) is 0 Å². The Morgan fingerprint density at radius 2 is 2.20 bits per heavy atom. The Bertz CT molecular complexity index is 1070. The molecule has 0 aliphatic carbocycles. The number of aliphatic hydroxyl groups is 1. The van der Waals surface area contributed by atoms with Crippen LogP contribution < -0.4 is 11.1 Å². The van der Waals surface area contributed by atoms with Crippen molar-refractivity contribution in [1.29, 1.82) is 0 Å². The second-order valence-corrected chi connectivity index (χ2v) is 8.44. The first-order valence-corrected chi connectivity index (χ1v) is 10.1. The van der Waals surface area contributed by atoms with Crippen LogP contribution in [0.2, 0.25) is 5.02 Å². The molecule has 2 aromatic heterocycles. The number of halogens is 2. The smallest absolute Gasteiger partial charge is 0.223 e. The molecule has 1 aliphatic heterocycles. The number of hydrogen-bond acceptors (Lipinski definition) is 7. The molecule has 4 rings (SSSR count). The predicted octanol–water partition coefficient (Wildman–Crippen LogP) is 2.54. The normalized spacial score (nSPS) is 19.9. The maximum Gasteiger partial charge on any atom is 0.223 e. The van der Waals surface area contributed by atoms with E-state index in [4.69, 9.17) is 22.1 Å². The molecule has 1 saturated heterocycles. The van der Waals surface area contributed by atoms with Gasteiger partial charge in [-0.15, -0.1) is 0 Å². The topological polar surface area (TPSA) is 111 Å². The molecule has 0 unspecified atom stereocenters.